The largest absolute Gasteiger partial charge is 0.506 e. The molecule has 0 unspecified atom stereocenters. The van der Waals surface area contributed by atoms with Gasteiger partial charge in [-0.15, -0.1) is 0 Å². The van der Waals surface area contributed by atoms with Crippen molar-refractivity contribution in [3.8, 4) is 5.75 Å². The number of carbonyl (C=O) groups is 1. The molecule has 4 nitrogen and oxygen atoms in total. The Kier molecular flexibility index (Phi) is 4.26. The summed E-state index contributed by atoms with van der Waals surface area (Å²) in [6.45, 7) is 1.93. The number of carbonyl (C=O) groups excluding carboxylic acids is 1. The van der Waals surface area contributed by atoms with E-state index in [2.05, 4.69) is 33.2 Å². The van der Waals surface area contributed by atoms with Crippen LogP contribution in [0.2, 0.25) is 0 Å². The van der Waals surface area contributed by atoms with E-state index in [9.17, 15) is 9.90 Å². The van der Waals surface area contributed by atoms with Crippen LogP contribution in [0, 0.1) is 10.5 Å². The summed E-state index contributed by atoms with van der Waals surface area (Å²) in [6.07, 6.45) is 0. The number of anilines is 2. The molecule has 0 bridgehead atoms. The van der Waals surface area contributed by atoms with Crippen molar-refractivity contribution < 1.29 is 9.90 Å². The highest BCUT2D eigenvalue weighted by atomic mass is 127. The maximum Gasteiger partial charge on any atom is 0.323 e. The van der Waals surface area contributed by atoms with Crippen molar-refractivity contribution in [1.29, 1.82) is 0 Å². The molecule has 19 heavy (non-hydrogen) atoms. The fraction of sp³-hybridized carbons (Fsp3) is 0.0714. The first-order valence-electron chi connectivity index (χ1n) is 5.68. The average Bonchev–Trinajstić information content (AvgIpc) is 2.36. The second-order valence-electron chi connectivity index (χ2n) is 4.06. The standard InChI is InChI=1S/C14H13IN2O2/c1-9-8-10(15)6-7-11(9)16-14(19)17-12-4-2-3-5-13(12)18/h2-8,18H,1H3,(H2,16,17,19). The van der Waals surface area contributed by atoms with Crippen LogP contribution in [0.1, 0.15) is 5.56 Å². The number of para-hydroxylation sites is 2. The van der Waals surface area contributed by atoms with Crippen LogP contribution in [0.15, 0.2) is 42.5 Å². The van der Waals surface area contributed by atoms with Crippen LogP contribution in [0.5, 0.6) is 5.75 Å². The Morgan fingerprint density at radius 2 is 1.79 bits per heavy atom. The lowest BCUT2D eigenvalue weighted by Crippen LogP contribution is -2.20. The van der Waals surface area contributed by atoms with Crippen molar-refractivity contribution in [2.75, 3.05) is 10.6 Å². The summed E-state index contributed by atoms with van der Waals surface area (Å²) in [5.41, 5.74) is 2.11. The number of halogens is 1. The molecule has 0 atom stereocenters. The smallest absolute Gasteiger partial charge is 0.323 e. The number of amides is 2. The van der Waals surface area contributed by atoms with Crippen LogP contribution in [-0.4, -0.2) is 11.1 Å². The minimum absolute atomic E-state index is 0.0389. The summed E-state index contributed by atoms with van der Waals surface area (Å²) in [6, 6.07) is 12.0. The molecule has 0 spiro atoms. The van der Waals surface area contributed by atoms with E-state index in [1.54, 1.807) is 18.2 Å². The third-order valence-electron chi connectivity index (χ3n) is 2.59. The topological polar surface area (TPSA) is 61.4 Å². The van der Waals surface area contributed by atoms with Crippen LogP contribution in [-0.2, 0) is 0 Å². The van der Waals surface area contributed by atoms with Crippen molar-refractivity contribution >= 4 is 40.0 Å². The highest BCUT2D eigenvalue weighted by Gasteiger charge is 2.07. The van der Waals surface area contributed by atoms with Gasteiger partial charge in [0.1, 0.15) is 5.75 Å². The van der Waals surface area contributed by atoms with Crippen LogP contribution in [0.3, 0.4) is 0 Å². The summed E-state index contributed by atoms with van der Waals surface area (Å²) in [5, 5.41) is 14.9. The molecule has 0 fully saturated rings. The molecule has 0 heterocycles. The minimum atomic E-state index is -0.384. The molecular formula is C14H13IN2O2. The van der Waals surface area contributed by atoms with Gasteiger partial charge in [-0.25, -0.2) is 4.79 Å². The van der Waals surface area contributed by atoms with E-state index < -0.39 is 0 Å². The number of urea groups is 1. The summed E-state index contributed by atoms with van der Waals surface area (Å²) < 4.78 is 1.11. The number of phenolic OH excluding ortho intramolecular Hbond substituents is 1. The molecule has 2 aromatic rings. The monoisotopic (exact) mass is 368 g/mol. The predicted octanol–water partition coefficient (Wildman–Crippen LogP) is 3.95. The zero-order chi connectivity index (χ0) is 13.8. The molecule has 0 saturated carbocycles. The number of hydrogen-bond donors (Lipinski definition) is 3. The molecule has 0 aliphatic rings. The van der Waals surface area contributed by atoms with Gasteiger partial charge in [0.25, 0.3) is 0 Å². The first kappa shape index (κ1) is 13.7. The van der Waals surface area contributed by atoms with Gasteiger partial charge >= 0.3 is 6.03 Å². The molecule has 0 saturated heterocycles. The van der Waals surface area contributed by atoms with Gasteiger partial charge in [-0.1, -0.05) is 12.1 Å². The van der Waals surface area contributed by atoms with Crippen LogP contribution < -0.4 is 10.6 Å². The van der Waals surface area contributed by atoms with E-state index in [4.69, 9.17) is 0 Å². The van der Waals surface area contributed by atoms with E-state index in [-0.39, 0.29) is 11.8 Å². The Morgan fingerprint density at radius 1 is 1.11 bits per heavy atom. The molecule has 2 aromatic carbocycles. The Bertz CT molecular complexity index is 614. The first-order valence-corrected chi connectivity index (χ1v) is 6.76. The van der Waals surface area contributed by atoms with Gasteiger partial charge < -0.3 is 15.7 Å². The Balaban J connectivity index is 2.08. The van der Waals surface area contributed by atoms with Crippen LogP contribution in [0.4, 0.5) is 16.2 Å². The molecule has 0 aliphatic heterocycles. The van der Waals surface area contributed by atoms with Crippen LogP contribution >= 0.6 is 22.6 Å². The van der Waals surface area contributed by atoms with E-state index in [1.165, 1.54) is 6.07 Å². The highest BCUT2D eigenvalue weighted by Crippen LogP contribution is 2.22. The number of nitrogens with one attached hydrogen (secondary N) is 2. The zero-order valence-electron chi connectivity index (χ0n) is 10.3. The molecular weight excluding hydrogens is 355 g/mol. The summed E-state index contributed by atoms with van der Waals surface area (Å²) in [5.74, 6) is 0.0389. The van der Waals surface area contributed by atoms with Crippen molar-refractivity contribution in [3.63, 3.8) is 0 Å². The highest BCUT2D eigenvalue weighted by molar-refractivity contribution is 14.1. The number of hydrogen-bond acceptors (Lipinski definition) is 2. The Hall–Kier alpha value is -1.76. The Labute approximate surface area is 125 Å². The maximum absolute atomic E-state index is 11.8. The second-order valence-corrected chi connectivity index (χ2v) is 5.30. The zero-order valence-corrected chi connectivity index (χ0v) is 12.4. The molecule has 5 heteroatoms. The quantitative estimate of drug-likeness (QED) is 0.555. The molecule has 0 radical (unpaired) electrons. The van der Waals surface area contributed by atoms with Gasteiger partial charge in [0.2, 0.25) is 0 Å². The SMILES string of the molecule is Cc1cc(I)ccc1NC(=O)Nc1ccccc1O. The minimum Gasteiger partial charge on any atom is -0.506 e. The number of aromatic hydroxyl groups is 1. The van der Waals surface area contributed by atoms with Crippen LogP contribution in [0.25, 0.3) is 0 Å². The lowest BCUT2D eigenvalue weighted by Gasteiger charge is -2.11. The number of aryl methyl sites for hydroxylation is 1. The van der Waals surface area contributed by atoms with Crippen molar-refractivity contribution in [2.24, 2.45) is 0 Å². The summed E-state index contributed by atoms with van der Waals surface area (Å²) in [4.78, 5) is 11.8. The van der Waals surface area contributed by atoms with Gasteiger partial charge in [-0.2, -0.15) is 0 Å². The van der Waals surface area contributed by atoms with Gasteiger partial charge in [0.15, 0.2) is 0 Å². The van der Waals surface area contributed by atoms with E-state index in [0.29, 0.717) is 5.69 Å². The van der Waals surface area contributed by atoms with Gasteiger partial charge in [0.05, 0.1) is 5.69 Å². The summed E-state index contributed by atoms with van der Waals surface area (Å²) >= 11 is 2.22. The average molecular weight is 368 g/mol. The third-order valence-corrected chi connectivity index (χ3v) is 3.26. The second kappa shape index (κ2) is 5.92. The normalized spacial score (nSPS) is 10.0. The molecule has 3 N–H and O–H groups in total. The third kappa shape index (κ3) is 3.60. The van der Waals surface area contributed by atoms with Gasteiger partial charge in [0, 0.05) is 9.26 Å². The van der Waals surface area contributed by atoms with E-state index >= 15 is 0 Å². The van der Waals surface area contributed by atoms with Gasteiger partial charge in [-0.3, -0.25) is 0 Å². The fourth-order valence-corrected chi connectivity index (χ4v) is 2.27. The Morgan fingerprint density at radius 3 is 2.47 bits per heavy atom. The molecule has 0 aromatic heterocycles. The van der Waals surface area contributed by atoms with E-state index in [1.807, 2.05) is 25.1 Å². The van der Waals surface area contributed by atoms with Crippen molar-refractivity contribution in [1.82, 2.24) is 0 Å². The summed E-state index contributed by atoms with van der Waals surface area (Å²) in [7, 11) is 0. The maximum atomic E-state index is 11.8. The first-order chi connectivity index (χ1) is 9.06. The lowest BCUT2D eigenvalue weighted by molar-refractivity contribution is 0.262. The number of benzene rings is 2. The fourth-order valence-electron chi connectivity index (χ4n) is 1.62. The number of rotatable bonds is 2. The molecule has 0 aliphatic carbocycles. The van der Waals surface area contributed by atoms with Gasteiger partial charge in [-0.05, 0) is 65.4 Å². The van der Waals surface area contributed by atoms with E-state index in [0.717, 1.165) is 14.8 Å². The molecule has 2 rings (SSSR count). The molecule has 2 amide bonds. The predicted molar refractivity (Wildman–Crippen MR) is 84.6 cm³/mol. The number of phenols is 1. The molecule has 98 valence electrons. The van der Waals surface area contributed by atoms with Crippen molar-refractivity contribution in [3.05, 3.63) is 51.6 Å². The lowest BCUT2D eigenvalue weighted by atomic mass is 10.2. The van der Waals surface area contributed by atoms with Crippen molar-refractivity contribution in [2.45, 2.75) is 6.92 Å².